The Morgan fingerprint density at radius 2 is 1.95 bits per heavy atom. The number of carboxylic acids is 1. The number of nitrogens with zero attached hydrogens (tertiary/aromatic N) is 1. The molecule has 1 rings (SSSR count). The third-order valence-corrected chi connectivity index (χ3v) is 4.07. The van der Waals surface area contributed by atoms with Crippen molar-refractivity contribution in [3.8, 4) is 0 Å². The second-order valence-electron chi connectivity index (χ2n) is 5.42. The van der Waals surface area contributed by atoms with Gasteiger partial charge < -0.3 is 15.3 Å². The molecule has 0 aromatic rings. The lowest BCUT2D eigenvalue weighted by molar-refractivity contribution is -0.155. The van der Waals surface area contributed by atoms with Crippen LogP contribution in [-0.4, -0.2) is 48.6 Å². The highest BCUT2D eigenvalue weighted by molar-refractivity contribution is 5.78. The van der Waals surface area contributed by atoms with E-state index in [0.717, 1.165) is 19.4 Å². The Morgan fingerprint density at radius 3 is 2.42 bits per heavy atom. The fourth-order valence-electron chi connectivity index (χ4n) is 2.81. The third-order valence-electron chi connectivity index (χ3n) is 4.07. The van der Waals surface area contributed by atoms with Gasteiger partial charge in [0.25, 0.3) is 0 Å². The minimum Gasteiger partial charge on any atom is -0.481 e. The summed E-state index contributed by atoms with van der Waals surface area (Å²) in [6, 6.07) is 0. The van der Waals surface area contributed by atoms with Crippen LogP contribution in [0.3, 0.4) is 0 Å². The van der Waals surface area contributed by atoms with Gasteiger partial charge in [-0.2, -0.15) is 0 Å². The zero-order valence-electron chi connectivity index (χ0n) is 12.1. The van der Waals surface area contributed by atoms with Gasteiger partial charge in [0.05, 0.1) is 5.41 Å². The molecule has 0 saturated carbocycles. The summed E-state index contributed by atoms with van der Waals surface area (Å²) in [5.41, 5.74) is -0.601. The van der Waals surface area contributed by atoms with Crippen LogP contribution in [0.25, 0.3) is 0 Å². The minimum atomic E-state index is -0.698. The molecule has 2 N–H and O–H groups in total. The first-order valence-corrected chi connectivity index (χ1v) is 7.21. The largest absolute Gasteiger partial charge is 0.481 e. The van der Waals surface area contributed by atoms with Crippen LogP contribution >= 0.6 is 0 Å². The third kappa shape index (κ3) is 4.20. The van der Waals surface area contributed by atoms with Gasteiger partial charge in [-0.3, -0.25) is 9.59 Å². The predicted octanol–water partition coefficient (Wildman–Crippen LogP) is 1.48. The van der Waals surface area contributed by atoms with Gasteiger partial charge in [-0.05, 0) is 39.3 Å². The van der Waals surface area contributed by atoms with Crippen molar-refractivity contribution in [2.45, 2.75) is 45.4 Å². The van der Waals surface area contributed by atoms with Crippen molar-refractivity contribution in [3.05, 3.63) is 0 Å². The fraction of sp³-hybridized carbons (Fsp3) is 0.857. The lowest BCUT2D eigenvalue weighted by Crippen LogP contribution is -2.46. The van der Waals surface area contributed by atoms with Crippen LogP contribution in [0.2, 0.25) is 0 Å². The van der Waals surface area contributed by atoms with Gasteiger partial charge in [-0.1, -0.05) is 13.3 Å². The number of rotatable bonds is 7. The molecule has 0 atom stereocenters. The topological polar surface area (TPSA) is 69.6 Å². The number of hydrogen-bond donors (Lipinski definition) is 2. The van der Waals surface area contributed by atoms with Crippen LogP contribution in [0.1, 0.15) is 45.4 Å². The summed E-state index contributed by atoms with van der Waals surface area (Å²) in [5, 5.41) is 12.4. The smallest absolute Gasteiger partial charge is 0.309 e. The van der Waals surface area contributed by atoms with Crippen LogP contribution < -0.4 is 5.32 Å². The summed E-state index contributed by atoms with van der Waals surface area (Å²) in [5.74, 6) is -0.539. The SMILES string of the molecule is CCCC1(C(=O)O)CCN(C(=O)CCCNC)CC1. The minimum absolute atomic E-state index is 0.158. The van der Waals surface area contributed by atoms with Crippen LogP contribution in [0.15, 0.2) is 0 Å². The second kappa shape index (κ2) is 7.48. The maximum atomic E-state index is 12.0. The van der Waals surface area contributed by atoms with Gasteiger partial charge >= 0.3 is 5.97 Å². The molecule has 5 heteroatoms. The molecule has 0 unspecified atom stereocenters. The van der Waals surface area contributed by atoms with Gasteiger partial charge in [0.1, 0.15) is 0 Å². The van der Waals surface area contributed by atoms with E-state index < -0.39 is 11.4 Å². The maximum Gasteiger partial charge on any atom is 0.309 e. The molecule has 1 aliphatic rings. The lowest BCUT2D eigenvalue weighted by Gasteiger charge is -2.39. The molecule has 0 aliphatic carbocycles. The van der Waals surface area contributed by atoms with Crippen molar-refractivity contribution in [1.82, 2.24) is 10.2 Å². The molecule has 110 valence electrons. The van der Waals surface area contributed by atoms with Gasteiger partial charge in [0, 0.05) is 19.5 Å². The Kier molecular flexibility index (Phi) is 6.28. The lowest BCUT2D eigenvalue weighted by atomic mass is 9.75. The Hall–Kier alpha value is -1.10. The fourth-order valence-corrected chi connectivity index (χ4v) is 2.81. The number of nitrogens with one attached hydrogen (secondary N) is 1. The molecule has 1 heterocycles. The Morgan fingerprint density at radius 1 is 1.32 bits per heavy atom. The second-order valence-corrected chi connectivity index (χ2v) is 5.42. The highest BCUT2D eigenvalue weighted by atomic mass is 16.4. The molecule has 1 amide bonds. The number of aliphatic carboxylic acids is 1. The number of carbonyl (C=O) groups excluding carboxylic acids is 1. The quantitative estimate of drug-likeness (QED) is 0.688. The Bertz CT molecular complexity index is 310. The highest BCUT2D eigenvalue weighted by Crippen LogP contribution is 2.36. The van der Waals surface area contributed by atoms with E-state index in [2.05, 4.69) is 5.32 Å². The monoisotopic (exact) mass is 270 g/mol. The normalized spacial score (nSPS) is 18.3. The molecule has 5 nitrogen and oxygen atoms in total. The van der Waals surface area contributed by atoms with Gasteiger partial charge in [0.2, 0.25) is 5.91 Å². The molecule has 1 fully saturated rings. The van der Waals surface area contributed by atoms with Crippen molar-refractivity contribution in [2.75, 3.05) is 26.7 Å². The zero-order valence-corrected chi connectivity index (χ0v) is 12.1. The predicted molar refractivity (Wildman–Crippen MR) is 74.0 cm³/mol. The Balaban J connectivity index is 2.46. The van der Waals surface area contributed by atoms with Crippen LogP contribution in [-0.2, 0) is 9.59 Å². The number of piperidine rings is 1. The number of carboxylic acid groups (broad SMARTS) is 1. The van der Waals surface area contributed by atoms with Crippen LogP contribution in [0, 0.1) is 5.41 Å². The summed E-state index contributed by atoms with van der Waals surface area (Å²) in [6.45, 7) is 4.03. The van der Waals surface area contributed by atoms with Gasteiger partial charge in [-0.25, -0.2) is 0 Å². The standard InChI is InChI=1S/C14H26N2O3/c1-3-6-14(13(18)19)7-10-16(11-8-14)12(17)5-4-9-15-2/h15H,3-11H2,1-2H3,(H,18,19). The highest BCUT2D eigenvalue weighted by Gasteiger charge is 2.41. The summed E-state index contributed by atoms with van der Waals surface area (Å²) >= 11 is 0. The number of carbonyl (C=O) groups is 2. The maximum absolute atomic E-state index is 12.0. The van der Waals surface area contributed by atoms with E-state index in [1.807, 2.05) is 18.9 Å². The van der Waals surface area contributed by atoms with Gasteiger partial charge in [-0.15, -0.1) is 0 Å². The summed E-state index contributed by atoms with van der Waals surface area (Å²) in [7, 11) is 1.87. The summed E-state index contributed by atoms with van der Waals surface area (Å²) in [4.78, 5) is 25.2. The molecule has 0 aromatic carbocycles. The molecule has 1 saturated heterocycles. The van der Waals surface area contributed by atoms with Crippen LogP contribution in [0.4, 0.5) is 0 Å². The average Bonchev–Trinajstić information content (AvgIpc) is 2.40. The number of hydrogen-bond acceptors (Lipinski definition) is 3. The van der Waals surface area contributed by atoms with E-state index in [9.17, 15) is 14.7 Å². The molecular formula is C14H26N2O3. The molecule has 19 heavy (non-hydrogen) atoms. The summed E-state index contributed by atoms with van der Waals surface area (Å²) < 4.78 is 0. The van der Waals surface area contributed by atoms with Crippen LogP contribution in [0.5, 0.6) is 0 Å². The van der Waals surface area contributed by atoms with E-state index in [-0.39, 0.29) is 5.91 Å². The summed E-state index contributed by atoms with van der Waals surface area (Å²) in [6.07, 6.45) is 4.16. The molecular weight excluding hydrogens is 244 g/mol. The molecule has 0 aromatic heterocycles. The Labute approximate surface area is 115 Å². The van der Waals surface area contributed by atoms with E-state index in [0.29, 0.717) is 38.8 Å². The van der Waals surface area contributed by atoms with Crippen molar-refractivity contribution in [3.63, 3.8) is 0 Å². The van der Waals surface area contributed by atoms with E-state index >= 15 is 0 Å². The molecule has 1 aliphatic heterocycles. The van der Waals surface area contributed by atoms with E-state index in [1.54, 1.807) is 0 Å². The zero-order chi connectivity index (χ0) is 14.3. The van der Waals surface area contributed by atoms with E-state index in [1.165, 1.54) is 0 Å². The van der Waals surface area contributed by atoms with Crippen molar-refractivity contribution in [1.29, 1.82) is 0 Å². The van der Waals surface area contributed by atoms with Crippen molar-refractivity contribution >= 4 is 11.9 Å². The number of amides is 1. The van der Waals surface area contributed by atoms with E-state index in [4.69, 9.17) is 0 Å². The first kappa shape index (κ1) is 16.0. The molecule has 0 radical (unpaired) electrons. The van der Waals surface area contributed by atoms with Crippen molar-refractivity contribution < 1.29 is 14.7 Å². The van der Waals surface area contributed by atoms with Crippen molar-refractivity contribution in [2.24, 2.45) is 5.41 Å². The number of likely N-dealkylation sites (tertiary alicyclic amines) is 1. The molecule has 0 bridgehead atoms. The first-order valence-electron chi connectivity index (χ1n) is 7.21. The average molecular weight is 270 g/mol. The van der Waals surface area contributed by atoms with Gasteiger partial charge in [0.15, 0.2) is 0 Å². The molecule has 0 spiro atoms. The first-order chi connectivity index (χ1) is 9.05.